The van der Waals surface area contributed by atoms with Gasteiger partial charge in [0.05, 0.1) is 12.2 Å². The minimum absolute atomic E-state index is 0.0915. The first-order valence-corrected chi connectivity index (χ1v) is 7.19. The van der Waals surface area contributed by atoms with Gasteiger partial charge in [0.15, 0.2) is 0 Å². The largest absolute Gasteiger partial charge is 0.388 e. The van der Waals surface area contributed by atoms with Gasteiger partial charge in [-0.2, -0.15) is 0 Å². The normalized spacial score (nSPS) is 24.1. The van der Waals surface area contributed by atoms with Gasteiger partial charge in [-0.05, 0) is 29.9 Å². The number of fused-ring (bicyclic) bond motifs is 1. The topological polar surface area (TPSA) is 29.5 Å². The van der Waals surface area contributed by atoms with Crippen molar-refractivity contribution in [2.45, 2.75) is 32.0 Å². The zero-order valence-corrected chi connectivity index (χ0v) is 11.6. The molecule has 1 aliphatic rings. The molecule has 3 unspecified atom stereocenters. The maximum Gasteiger partial charge on any atom is 0.131 e. The molecule has 0 aliphatic carbocycles. The van der Waals surface area contributed by atoms with Gasteiger partial charge >= 0.3 is 0 Å². The van der Waals surface area contributed by atoms with Crippen LogP contribution in [-0.4, -0.2) is 17.8 Å². The Hall–Kier alpha value is -1.45. The van der Waals surface area contributed by atoms with Crippen LogP contribution in [0.2, 0.25) is 0 Å². The van der Waals surface area contributed by atoms with Gasteiger partial charge in [-0.3, -0.25) is 0 Å². The highest BCUT2D eigenvalue weighted by molar-refractivity contribution is 5.86. The average molecular weight is 274 g/mol. The summed E-state index contributed by atoms with van der Waals surface area (Å²) in [5, 5.41) is 12.1. The van der Waals surface area contributed by atoms with Gasteiger partial charge in [-0.25, -0.2) is 4.39 Å². The third-order valence-electron chi connectivity index (χ3n) is 4.29. The van der Waals surface area contributed by atoms with Crippen LogP contribution in [0.4, 0.5) is 4.39 Å². The molecule has 2 aromatic carbocycles. The first kappa shape index (κ1) is 13.5. The van der Waals surface area contributed by atoms with Gasteiger partial charge < -0.3 is 9.84 Å². The highest BCUT2D eigenvalue weighted by atomic mass is 19.1. The lowest BCUT2D eigenvalue weighted by Gasteiger charge is -2.24. The van der Waals surface area contributed by atoms with E-state index in [0.717, 1.165) is 23.8 Å². The summed E-state index contributed by atoms with van der Waals surface area (Å²) < 4.78 is 19.5. The second-order valence-electron chi connectivity index (χ2n) is 5.40. The van der Waals surface area contributed by atoms with Crippen LogP contribution in [0.15, 0.2) is 36.4 Å². The van der Waals surface area contributed by atoms with E-state index in [2.05, 4.69) is 6.92 Å². The summed E-state index contributed by atoms with van der Waals surface area (Å²) in [4.78, 5) is 0. The fourth-order valence-electron chi connectivity index (χ4n) is 3.22. The molecule has 0 aromatic heterocycles. The summed E-state index contributed by atoms with van der Waals surface area (Å²) in [5.41, 5.74) is 0.802. The Bertz CT molecular complexity index is 611. The molecule has 1 heterocycles. The number of aliphatic hydroxyl groups is 1. The molecule has 1 saturated heterocycles. The Kier molecular flexibility index (Phi) is 3.72. The van der Waals surface area contributed by atoms with Crippen LogP contribution < -0.4 is 0 Å². The van der Waals surface area contributed by atoms with Crippen molar-refractivity contribution in [3.8, 4) is 0 Å². The predicted octanol–water partition coefficient (Wildman–Crippen LogP) is 3.83. The van der Waals surface area contributed by atoms with Crippen molar-refractivity contribution in [1.29, 1.82) is 0 Å². The minimum atomic E-state index is -0.604. The first-order valence-electron chi connectivity index (χ1n) is 7.19. The quantitative estimate of drug-likeness (QED) is 0.921. The predicted molar refractivity (Wildman–Crippen MR) is 77.0 cm³/mol. The molecular formula is C17H19FO2. The summed E-state index contributed by atoms with van der Waals surface area (Å²) in [6.07, 6.45) is 1.23. The van der Waals surface area contributed by atoms with Crippen molar-refractivity contribution < 1.29 is 14.2 Å². The zero-order chi connectivity index (χ0) is 14.1. The number of aliphatic hydroxyl groups excluding tert-OH is 1. The highest BCUT2D eigenvalue weighted by Gasteiger charge is 2.34. The molecule has 3 heteroatoms. The van der Waals surface area contributed by atoms with Gasteiger partial charge in [0, 0.05) is 17.9 Å². The van der Waals surface area contributed by atoms with E-state index in [4.69, 9.17) is 4.74 Å². The van der Waals surface area contributed by atoms with E-state index in [1.165, 1.54) is 6.07 Å². The Morgan fingerprint density at radius 3 is 2.75 bits per heavy atom. The van der Waals surface area contributed by atoms with Gasteiger partial charge in [-0.15, -0.1) is 0 Å². The molecule has 1 N–H and O–H groups in total. The van der Waals surface area contributed by atoms with E-state index in [1.807, 2.05) is 18.2 Å². The second kappa shape index (κ2) is 5.51. The van der Waals surface area contributed by atoms with Crippen molar-refractivity contribution in [2.24, 2.45) is 5.92 Å². The SMILES string of the molecule is CCC1OCCC1C(O)c1ccc(F)c2ccccc12. The van der Waals surface area contributed by atoms with Crippen LogP contribution in [0.25, 0.3) is 10.8 Å². The monoisotopic (exact) mass is 274 g/mol. The number of benzene rings is 2. The summed E-state index contributed by atoms with van der Waals surface area (Å²) in [7, 11) is 0. The van der Waals surface area contributed by atoms with E-state index in [-0.39, 0.29) is 17.8 Å². The zero-order valence-electron chi connectivity index (χ0n) is 11.6. The molecular weight excluding hydrogens is 255 g/mol. The van der Waals surface area contributed by atoms with Gasteiger partial charge in [0.2, 0.25) is 0 Å². The van der Waals surface area contributed by atoms with Gasteiger partial charge in [-0.1, -0.05) is 37.3 Å². The summed E-state index contributed by atoms with van der Waals surface area (Å²) in [5.74, 6) is -0.153. The lowest BCUT2D eigenvalue weighted by Crippen LogP contribution is -2.22. The van der Waals surface area contributed by atoms with E-state index in [1.54, 1.807) is 12.1 Å². The molecule has 1 aliphatic heterocycles. The molecule has 0 spiro atoms. The molecule has 3 atom stereocenters. The Balaban J connectivity index is 2.04. The molecule has 2 nitrogen and oxygen atoms in total. The lowest BCUT2D eigenvalue weighted by molar-refractivity contribution is 0.0313. The van der Waals surface area contributed by atoms with Crippen LogP contribution in [0.1, 0.15) is 31.4 Å². The van der Waals surface area contributed by atoms with Crippen molar-refractivity contribution in [2.75, 3.05) is 6.61 Å². The minimum Gasteiger partial charge on any atom is -0.388 e. The molecule has 2 aromatic rings. The number of ether oxygens (including phenoxy) is 1. The number of rotatable bonds is 3. The molecule has 0 saturated carbocycles. The van der Waals surface area contributed by atoms with Crippen LogP contribution >= 0.6 is 0 Å². The standard InChI is InChI=1S/C17H19FO2/c1-2-16-14(9-10-20-16)17(19)13-7-8-15(18)12-6-4-3-5-11(12)13/h3-8,14,16-17,19H,2,9-10H2,1H3. The van der Waals surface area contributed by atoms with Crippen molar-refractivity contribution >= 4 is 10.8 Å². The Morgan fingerprint density at radius 2 is 2.00 bits per heavy atom. The van der Waals surface area contributed by atoms with E-state index in [9.17, 15) is 9.50 Å². The summed E-state index contributed by atoms with van der Waals surface area (Å²) in [6, 6.07) is 10.5. The molecule has 3 rings (SSSR count). The number of hydrogen-bond donors (Lipinski definition) is 1. The van der Waals surface area contributed by atoms with Crippen molar-refractivity contribution in [3.05, 3.63) is 47.8 Å². The second-order valence-corrected chi connectivity index (χ2v) is 5.40. The van der Waals surface area contributed by atoms with Gasteiger partial charge in [0.25, 0.3) is 0 Å². The number of hydrogen-bond acceptors (Lipinski definition) is 2. The van der Waals surface area contributed by atoms with E-state index >= 15 is 0 Å². The molecule has 0 bridgehead atoms. The van der Waals surface area contributed by atoms with Crippen LogP contribution in [0.3, 0.4) is 0 Å². The molecule has 0 amide bonds. The van der Waals surface area contributed by atoms with Crippen LogP contribution in [0.5, 0.6) is 0 Å². The molecule has 106 valence electrons. The summed E-state index contributed by atoms with van der Waals surface area (Å²) >= 11 is 0. The van der Waals surface area contributed by atoms with Crippen molar-refractivity contribution in [1.82, 2.24) is 0 Å². The molecule has 1 fully saturated rings. The van der Waals surface area contributed by atoms with Crippen molar-refractivity contribution in [3.63, 3.8) is 0 Å². The highest BCUT2D eigenvalue weighted by Crippen LogP contribution is 2.37. The maximum absolute atomic E-state index is 13.8. The fourth-order valence-corrected chi connectivity index (χ4v) is 3.22. The lowest BCUT2D eigenvalue weighted by atomic mass is 9.87. The Labute approximate surface area is 118 Å². The van der Waals surface area contributed by atoms with Crippen LogP contribution in [0, 0.1) is 11.7 Å². The Morgan fingerprint density at radius 1 is 1.25 bits per heavy atom. The van der Waals surface area contributed by atoms with Gasteiger partial charge in [0.1, 0.15) is 5.82 Å². The van der Waals surface area contributed by atoms with Crippen LogP contribution in [-0.2, 0) is 4.74 Å². The smallest absolute Gasteiger partial charge is 0.131 e. The number of halogens is 1. The molecule has 0 radical (unpaired) electrons. The third kappa shape index (κ3) is 2.21. The summed E-state index contributed by atoms with van der Waals surface area (Å²) in [6.45, 7) is 2.76. The maximum atomic E-state index is 13.8. The average Bonchev–Trinajstić information content (AvgIpc) is 2.96. The molecule has 20 heavy (non-hydrogen) atoms. The van der Waals surface area contributed by atoms with E-state index in [0.29, 0.717) is 12.0 Å². The first-order chi connectivity index (χ1) is 9.72. The third-order valence-corrected chi connectivity index (χ3v) is 4.29. The van der Waals surface area contributed by atoms with E-state index < -0.39 is 6.10 Å². The fraction of sp³-hybridized carbons (Fsp3) is 0.412.